The predicted octanol–water partition coefficient (Wildman–Crippen LogP) is 6.89. The molecule has 0 aromatic heterocycles. The van der Waals surface area contributed by atoms with Crippen LogP contribution >= 0.6 is 7.92 Å². The Balaban J connectivity index is 0.00000363. The van der Waals surface area contributed by atoms with Gasteiger partial charge in [0.05, 0.1) is 7.92 Å². The molecule has 0 amide bonds. The van der Waals surface area contributed by atoms with E-state index in [4.69, 9.17) is 0 Å². The van der Waals surface area contributed by atoms with Gasteiger partial charge in [-0.2, -0.15) is 0 Å². The summed E-state index contributed by atoms with van der Waals surface area (Å²) in [6.45, 7) is 21.1. The van der Waals surface area contributed by atoms with Crippen molar-refractivity contribution in [1.29, 1.82) is 0 Å². The third-order valence-corrected chi connectivity index (χ3v) is 8.94. The van der Waals surface area contributed by atoms with Crippen LogP contribution in [-0.4, -0.2) is 5.48 Å². The fourth-order valence-corrected chi connectivity index (χ4v) is 8.34. The zero-order valence-corrected chi connectivity index (χ0v) is 22.4. The van der Waals surface area contributed by atoms with Crippen LogP contribution in [0.1, 0.15) is 79.0 Å². The fraction of sp³-hybridized carbons (Fsp3) is 0.400. The van der Waals surface area contributed by atoms with Gasteiger partial charge in [-0.05, 0) is 34.4 Å². The van der Waals surface area contributed by atoms with Crippen molar-refractivity contribution in [3.05, 3.63) is 89.5 Å². The van der Waals surface area contributed by atoms with Crippen molar-refractivity contribution in [2.24, 2.45) is 0 Å². The topological polar surface area (TPSA) is 30.0 Å². The van der Waals surface area contributed by atoms with Gasteiger partial charge in [-0.15, -0.1) is 0 Å². The van der Waals surface area contributed by atoms with E-state index in [1.807, 2.05) is 0 Å². The molecular weight excluding hydrogens is 407 g/mol. The van der Waals surface area contributed by atoms with Gasteiger partial charge in [0.1, 0.15) is 15.9 Å². The van der Waals surface area contributed by atoms with Crippen LogP contribution < -0.4 is 15.9 Å². The van der Waals surface area contributed by atoms with Crippen molar-refractivity contribution in [1.82, 2.24) is 0 Å². The first-order chi connectivity index (χ1) is 14.3. The summed E-state index contributed by atoms with van der Waals surface area (Å²) < 4.78 is 0. The minimum Gasteiger partial charge on any atom is -0.870 e. The molecule has 0 atom stereocenters. The van der Waals surface area contributed by atoms with Crippen LogP contribution in [0.2, 0.25) is 0 Å². The van der Waals surface area contributed by atoms with Crippen molar-refractivity contribution in [3.63, 3.8) is 0 Å². The Morgan fingerprint density at radius 2 is 0.625 bits per heavy atom. The van der Waals surface area contributed by atoms with Crippen LogP contribution in [0.5, 0.6) is 0 Å². The zero-order valence-electron chi connectivity index (χ0n) is 21.4. The standard InChI is InChI=1S/C30H39P.H2O/c1-28(2,3)22-16-10-13-19-25(22)31(26-20-14-11-17-23(26)29(4,5)6)27-21-15-12-18-24(27)30(7,8)9;/h10-21H,1-9H3;1H2. The van der Waals surface area contributed by atoms with Crippen LogP contribution in [-0.2, 0) is 16.2 Å². The average molecular weight is 449 g/mol. The van der Waals surface area contributed by atoms with E-state index >= 15 is 0 Å². The maximum absolute atomic E-state index is 2.40. The van der Waals surface area contributed by atoms with Gasteiger partial charge in [-0.1, -0.05) is 117 Å². The molecule has 0 unspecified atom stereocenters. The van der Waals surface area contributed by atoms with E-state index in [1.165, 1.54) is 32.6 Å². The minimum absolute atomic E-state index is 0. The van der Waals surface area contributed by atoms with Crippen LogP contribution in [0.3, 0.4) is 0 Å². The summed E-state index contributed by atoms with van der Waals surface area (Å²) in [5.74, 6) is 0. The monoisotopic (exact) mass is 448 g/mol. The Hall–Kier alpha value is -1.95. The molecule has 32 heavy (non-hydrogen) atoms. The van der Waals surface area contributed by atoms with E-state index in [9.17, 15) is 0 Å². The van der Waals surface area contributed by atoms with Crippen LogP contribution in [0, 0.1) is 0 Å². The number of hydrogen-bond donors (Lipinski definition) is 0. The number of rotatable bonds is 3. The SMILES string of the molecule is CC(C)(C)c1ccccc1[PH+](c1ccccc1C(C)(C)C)c1ccccc1C(C)(C)C.[OH-]. The number of benzene rings is 3. The Kier molecular flexibility index (Phi) is 7.81. The molecule has 0 spiro atoms. The van der Waals surface area contributed by atoms with Gasteiger partial charge >= 0.3 is 0 Å². The lowest BCUT2D eigenvalue weighted by Crippen LogP contribution is -2.34. The van der Waals surface area contributed by atoms with E-state index in [-0.39, 0.29) is 21.7 Å². The summed E-state index contributed by atoms with van der Waals surface area (Å²) in [4.78, 5) is 0. The normalized spacial score (nSPS) is 12.6. The van der Waals surface area contributed by atoms with E-state index in [0.29, 0.717) is 0 Å². The van der Waals surface area contributed by atoms with Gasteiger partial charge in [-0.3, -0.25) is 0 Å². The molecule has 0 radical (unpaired) electrons. The van der Waals surface area contributed by atoms with E-state index in [2.05, 4.69) is 135 Å². The highest BCUT2D eigenvalue weighted by atomic mass is 31.1. The lowest BCUT2D eigenvalue weighted by molar-refractivity contribution is 0.593. The average Bonchev–Trinajstić information content (AvgIpc) is 2.67. The molecule has 1 N–H and O–H groups in total. The minimum atomic E-state index is -1.21. The maximum Gasteiger partial charge on any atom is 0.106 e. The van der Waals surface area contributed by atoms with Gasteiger partial charge in [0.15, 0.2) is 0 Å². The van der Waals surface area contributed by atoms with Gasteiger partial charge in [0, 0.05) is 16.7 Å². The molecule has 0 aliphatic rings. The summed E-state index contributed by atoms with van der Waals surface area (Å²) in [7, 11) is -1.21. The van der Waals surface area contributed by atoms with E-state index in [0.717, 1.165) is 0 Å². The van der Waals surface area contributed by atoms with Gasteiger partial charge in [-0.25, -0.2) is 0 Å². The molecule has 172 valence electrons. The molecule has 0 saturated heterocycles. The molecule has 1 nitrogen and oxygen atoms in total. The first-order valence-electron chi connectivity index (χ1n) is 11.5. The summed E-state index contributed by atoms with van der Waals surface area (Å²) in [5.41, 5.74) is 4.70. The largest absolute Gasteiger partial charge is 0.870 e. The molecule has 0 aliphatic heterocycles. The molecule has 3 rings (SSSR count). The second kappa shape index (κ2) is 9.50. The fourth-order valence-electron chi connectivity index (χ4n) is 4.50. The quantitative estimate of drug-likeness (QED) is 0.401. The molecular formula is C30H41OP. The molecule has 3 aromatic carbocycles. The van der Waals surface area contributed by atoms with Crippen molar-refractivity contribution >= 4 is 23.8 Å². The summed E-state index contributed by atoms with van der Waals surface area (Å²) in [6, 6.07) is 27.5. The molecule has 3 aromatic rings. The van der Waals surface area contributed by atoms with Gasteiger partial charge in [0.25, 0.3) is 0 Å². The molecule has 2 heteroatoms. The van der Waals surface area contributed by atoms with Crippen molar-refractivity contribution in [2.45, 2.75) is 78.6 Å². The van der Waals surface area contributed by atoms with Gasteiger partial charge < -0.3 is 5.48 Å². The van der Waals surface area contributed by atoms with Crippen molar-refractivity contribution in [2.75, 3.05) is 0 Å². The molecule has 0 bridgehead atoms. The molecule has 0 saturated carbocycles. The Labute approximate surface area is 197 Å². The van der Waals surface area contributed by atoms with Crippen LogP contribution in [0.4, 0.5) is 0 Å². The second-order valence-electron chi connectivity index (χ2n) is 11.8. The summed E-state index contributed by atoms with van der Waals surface area (Å²) >= 11 is 0. The van der Waals surface area contributed by atoms with E-state index in [1.54, 1.807) is 0 Å². The van der Waals surface area contributed by atoms with Crippen molar-refractivity contribution in [3.8, 4) is 0 Å². The van der Waals surface area contributed by atoms with Gasteiger partial charge in [0.2, 0.25) is 0 Å². The third kappa shape index (κ3) is 5.51. The first-order valence-corrected chi connectivity index (χ1v) is 13.0. The molecule has 0 aliphatic carbocycles. The highest BCUT2D eigenvalue weighted by Gasteiger charge is 2.38. The first kappa shape index (κ1) is 26.3. The van der Waals surface area contributed by atoms with Crippen molar-refractivity contribution < 1.29 is 5.48 Å². The molecule has 0 fully saturated rings. The Morgan fingerprint density at radius 1 is 0.406 bits per heavy atom. The summed E-state index contributed by atoms with van der Waals surface area (Å²) in [5, 5.41) is 4.57. The highest BCUT2D eigenvalue weighted by Crippen LogP contribution is 2.42. The Morgan fingerprint density at radius 3 is 0.844 bits per heavy atom. The number of hydrogen-bond acceptors (Lipinski definition) is 1. The van der Waals surface area contributed by atoms with E-state index < -0.39 is 7.92 Å². The highest BCUT2D eigenvalue weighted by molar-refractivity contribution is 7.80. The van der Waals surface area contributed by atoms with Crippen LogP contribution in [0.25, 0.3) is 0 Å². The molecule has 0 heterocycles. The second-order valence-corrected chi connectivity index (χ2v) is 14.1. The summed E-state index contributed by atoms with van der Waals surface area (Å²) in [6.07, 6.45) is 0. The third-order valence-electron chi connectivity index (χ3n) is 6.01. The lowest BCUT2D eigenvalue weighted by Gasteiger charge is -2.29. The maximum atomic E-state index is 2.40. The lowest BCUT2D eigenvalue weighted by atomic mass is 9.87. The Bertz CT molecular complexity index is 908. The van der Waals surface area contributed by atoms with Crippen LogP contribution in [0.15, 0.2) is 72.8 Å². The predicted molar refractivity (Wildman–Crippen MR) is 145 cm³/mol. The smallest absolute Gasteiger partial charge is 0.106 e. The zero-order chi connectivity index (χ0) is 23.0.